The lowest BCUT2D eigenvalue weighted by Crippen LogP contribution is -2.23. The van der Waals surface area contributed by atoms with Gasteiger partial charge in [0.2, 0.25) is 5.95 Å². The van der Waals surface area contributed by atoms with Crippen molar-refractivity contribution in [3.05, 3.63) is 76.4 Å². The van der Waals surface area contributed by atoms with Crippen molar-refractivity contribution < 1.29 is 22.4 Å². The highest BCUT2D eigenvalue weighted by atomic mass is 19.4. The lowest BCUT2D eigenvalue weighted by molar-refractivity contribution is -0.138. The minimum atomic E-state index is -4.73. The Bertz CT molecular complexity index is 1450. The number of fused-ring (bicyclic) bond motifs is 2. The van der Waals surface area contributed by atoms with Gasteiger partial charge < -0.3 is 16.0 Å². The SMILES string of the molecule is C[C@@H]1c2[nH]ncc2CN1c1nc(NCc2c(F)cccc2C(F)(F)F)c2cccc(C(N)=O)c2n1. The van der Waals surface area contributed by atoms with Gasteiger partial charge in [-0.2, -0.15) is 23.3 Å². The molecule has 0 saturated heterocycles. The first-order chi connectivity index (χ1) is 16.6. The fourth-order valence-electron chi connectivity index (χ4n) is 4.31. The summed E-state index contributed by atoms with van der Waals surface area (Å²) in [7, 11) is 0. The van der Waals surface area contributed by atoms with E-state index in [4.69, 9.17) is 5.73 Å². The molecule has 2 aromatic carbocycles. The minimum Gasteiger partial charge on any atom is -0.366 e. The molecule has 1 aliphatic heterocycles. The molecule has 8 nitrogen and oxygen atoms in total. The number of anilines is 2. The van der Waals surface area contributed by atoms with Crippen molar-refractivity contribution >= 4 is 28.6 Å². The summed E-state index contributed by atoms with van der Waals surface area (Å²) in [5, 5.41) is 10.2. The van der Waals surface area contributed by atoms with Gasteiger partial charge in [0.05, 0.1) is 34.6 Å². The fourth-order valence-corrected chi connectivity index (χ4v) is 4.31. The van der Waals surface area contributed by atoms with E-state index in [1.807, 2.05) is 11.8 Å². The molecule has 2 aromatic heterocycles. The number of alkyl halides is 3. The molecule has 3 heterocycles. The van der Waals surface area contributed by atoms with Crippen LogP contribution >= 0.6 is 0 Å². The van der Waals surface area contributed by atoms with E-state index in [9.17, 15) is 22.4 Å². The van der Waals surface area contributed by atoms with E-state index in [1.54, 1.807) is 18.3 Å². The number of halogens is 4. The first-order valence-corrected chi connectivity index (χ1v) is 10.6. The molecule has 1 atom stereocenters. The predicted molar refractivity (Wildman–Crippen MR) is 120 cm³/mol. The van der Waals surface area contributed by atoms with Crippen LogP contribution in [0.5, 0.6) is 0 Å². The number of H-pyrrole nitrogens is 1. The maximum absolute atomic E-state index is 14.4. The van der Waals surface area contributed by atoms with Gasteiger partial charge in [-0.05, 0) is 31.2 Å². The lowest BCUT2D eigenvalue weighted by atomic mass is 10.1. The molecule has 12 heteroatoms. The van der Waals surface area contributed by atoms with Crippen LogP contribution in [0.1, 0.15) is 45.7 Å². The van der Waals surface area contributed by atoms with Crippen LogP contribution in [0.25, 0.3) is 10.9 Å². The molecule has 0 unspecified atom stereocenters. The maximum atomic E-state index is 14.4. The summed E-state index contributed by atoms with van der Waals surface area (Å²) in [4.78, 5) is 23.0. The van der Waals surface area contributed by atoms with Crippen molar-refractivity contribution in [1.82, 2.24) is 20.2 Å². The minimum absolute atomic E-state index is 0.128. The van der Waals surface area contributed by atoms with Gasteiger partial charge in [-0.25, -0.2) is 9.37 Å². The summed E-state index contributed by atoms with van der Waals surface area (Å²) in [5.41, 5.74) is 6.10. The van der Waals surface area contributed by atoms with E-state index in [1.165, 1.54) is 6.07 Å². The van der Waals surface area contributed by atoms with E-state index < -0.39 is 35.6 Å². The number of hydrogen-bond acceptors (Lipinski definition) is 6. The van der Waals surface area contributed by atoms with Crippen molar-refractivity contribution in [1.29, 1.82) is 0 Å². The summed E-state index contributed by atoms with van der Waals surface area (Å²) in [6.45, 7) is 1.86. The van der Waals surface area contributed by atoms with Crippen molar-refractivity contribution in [3.8, 4) is 0 Å². The molecule has 35 heavy (non-hydrogen) atoms. The number of para-hydroxylation sites is 1. The van der Waals surface area contributed by atoms with Crippen molar-refractivity contribution in [2.75, 3.05) is 10.2 Å². The van der Waals surface area contributed by atoms with Gasteiger partial charge in [-0.15, -0.1) is 0 Å². The number of carbonyl (C=O) groups excluding carboxylic acids is 1. The van der Waals surface area contributed by atoms with Crippen LogP contribution in [0.4, 0.5) is 29.3 Å². The third-order valence-electron chi connectivity index (χ3n) is 6.07. The zero-order valence-corrected chi connectivity index (χ0v) is 18.3. The predicted octanol–water partition coefficient (Wildman–Crippen LogP) is 4.30. The number of nitrogens with one attached hydrogen (secondary N) is 2. The molecule has 5 rings (SSSR count). The number of aromatic nitrogens is 4. The fraction of sp³-hybridized carbons (Fsp3) is 0.217. The molecule has 180 valence electrons. The van der Waals surface area contributed by atoms with Gasteiger partial charge in [0.15, 0.2) is 0 Å². The second-order valence-electron chi connectivity index (χ2n) is 8.17. The maximum Gasteiger partial charge on any atom is 0.416 e. The highest BCUT2D eigenvalue weighted by molar-refractivity contribution is 6.07. The Labute approximate surface area is 196 Å². The first-order valence-electron chi connectivity index (χ1n) is 10.6. The molecule has 0 aliphatic carbocycles. The van der Waals surface area contributed by atoms with E-state index in [0.29, 0.717) is 11.9 Å². The number of primary amides is 1. The third-order valence-corrected chi connectivity index (χ3v) is 6.07. The number of nitrogens with two attached hydrogens (primary N) is 1. The van der Waals surface area contributed by atoms with Crippen molar-refractivity contribution in [2.24, 2.45) is 5.73 Å². The van der Waals surface area contributed by atoms with E-state index in [-0.39, 0.29) is 28.9 Å². The van der Waals surface area contributed by atoms with E-state index in [2.05, 4.69) is 25.5 Å². The Morgan fingerprint density at radius 1 is 1.23 bits per heavy atom. The van der Waals surface area contributed by atoms with Gasteiger partial charge in [-0.1, -0.05) is 12.1 Å². The van der Waals surface area contributed by atoms with Crippen LogP contribution in [0.2, 0.25) is 0 Å². The highest BCUT2D eigenvalue weighted by Gasteiger charge is 2.35. The number of rotatable bonds is 5. The van der Waals surface area contributed by atoms with Crippen LogP contribution in [0.15, 0.2) is 42.6 Å². The van der Waals surface area contributed by atoms with E-state index in [0.717, 1.165) is 29.5 Å². The van der Waals surface area contributed by atoms with Gasteiger partial charge >= 0.3 is 6.18 Å². The van der Waals surface area contributed by atoms with Crippen LogP contribution in [0, 0.1) is 5.82 Å². The van der Waals surface area contributed by atoms with E-state index >= 15 is 0 Å². The average Bonchev–Trinajstić information content (AvgIpc) is 3.39. The molecule has 0 radical (unpaired) electrons. The second kappa shape index (κ2) is 8.22. The van der Waals surface area contributed by atoms with Gasteiger partial charge in [0.1, 0.15) is 11.6 Å². The first kappa shape index (κ1) is 22.6. The Kier molecular flexibility index (Phi) is 5.30. The monoisotopic (exact) mass is 485 g/mol. The summed E-state index contributed by atoms with van der Waals surface area (Å²) in [6.07, 6.45) is -3.04. The smallest absolute Gasteiger partial charge is 0.366 e. The standard InChI is InChI=1S/C23H19F4N7O/c1-11-18-12(8-30-33-18)10-34(11)22-31-19-13(20(28)35)4-2-5-14(19)21(32-22)29-9-15-16(23(25,26)27)6-3-7-17(15)24/h2-8,11H,9-10H2,1H3,(H2,28,35)(H,30,33)(H,29,31,32)/t11-/m1/s1. The molecule has 1 aliphatic rings. The van der Waals surface area contributed by atoms with Crippen LogP contribution < -0.4 is 16.0 Å². The summed E-state index contributed by atoms with van der Waals surface area (Å²) < 4.78 is 54.8. The zero-order chi connectivity index (χ0) is 24.9. The number of amides is 1. The van der Waals surface area contributed by atoms with Crippen LogP contribution in [-0.2, 0) is 19.3 Å². The number of carbonyl (C=O) groups is 1. The Morgan fingerprint density at radius 2 is 2.00 bits per heavy atom. The number of aromatic amines is 1. The summed E-state index contributed by atoms with van der Waals surface area (Å²) in [5.74, 6) is -1.34. The lowest BCUT2D eigenvalue weighted by Gasteiger charge is -2.23. The number of hydrogen-bond donors (Lipinski definition) is 3. The van der Waals surface area contributed by atoms with Gasteiger partial charge in [0, 0.05) is 29.6 Å². The molecule has 0 fully saturated rings. The Balaban J connectivity index is 1.60. The van der Waals surface area contributed by atoms with Gasteiger partial charge in [-0.3, -0.25) is 9.89 Å². The molecule has 0 saturated carbocycles. The molecule has 0 spiro atoms. The van der Waals surface area contributed by atoms with Crippen molar-refractivity contribution in [2.45, 2.75) is 32.2 Å². The van der Waals surface area contributed by atoms with Crippen LogP contribution in [-0.4, -0.2) is 26.1 Å². The normalized spacial score (nSPS) is 15.5. The topological polar surface area (TPSA) is 113 Å². The highest BCUT2D eigenvalue weighted by Crippen LogP contribution is 2.37. The molecule has 4 aromatic rings. The zero-order valence-electron chi connectivity index (χ0n) is 18.3. The number of benzene rings is 2. The molecule has 0 bridgehead atoms. The second-order valence-corrected chi connectivity index (χ2v) is 8.17. The summed E-state index contributed by atoms with van der Waals surface area (Å²) >= 11 is 0. The Morgan fingerprint density at radius 3 is 2.71 bits per heavy atom. The summed E-state index contributed by atoms with van der Waals surface area (Å²) in [6, 6.07) is 7.30. The Hall–Kier alpha value is -4.22. The quantitative estimate of drug-likeness (QED) is 0.363. The molecule has 1 amide bonds. The van der Waals surface area contributed by atoms with Gasteiger partial charge in [0.25, 0.3) is 5.91 Å². The third kappa shape index (κ3) is 3.90. The number of nitrogens with zero attached hydrogens (tertiary/aromatic N) is 4. The van der Waals surface area contributed by atoms with Crippen LogP contribution in [0.3, 0.4) is 0 Å². The molecular weight excluding hydrogens is 466 g/mol. The largest absolute Gasteiger partial charge is 0.416 e. The average molecular weight is 485 g/mol. The molecule has 4 N–H and O–H groups in total. The molecular formula is C23H19F4N7O. The van der Waals surface area contributed by atoms with Crippen molar-refractivity contribution in [3.63, 3.8) is 0 Å².